The second kappa shape index (κ2) is 8.87. The molecule has 0 aliphatic heterocycles. The Bertz CT molecular complexity index is 911. The standard InChI is InChI=1S/C17H21N3O5S2/c1-11(13-5-4-8-25-13)19-16(21)10-12-6-7-14(24-3)15(9-12)27(22,23)20-17(26)18-2/h4-9,11H,10H2,1-3H3,(H,19,21)(H2,18,20,26). The van der Waals surface area contributed by atoms with Crippen molar-refractivity contribution in [2.24, 2.45) is 0 Å². The number of benzene rings is 1. The summed E-state index contributed by atoms with van der Waals surface area (Å²) < 4.78 is 37.6. The summed E-state index contributed by atoms with van der Waals surface area (Å²) in [5.74, 6) is 0.506. The highest BCUT2D eigenvalue weighted by Crippen LogP contribution is 2.25. The summed E-state index contributed by atoms with van der Waals surface area (Å²) in [5, 5.41) is 5.29. The smallest absolute Gasteiger partial charge is 0.267 e. The van der Waals surface area contributed by atoms with Crippen molar-refractivity contribution in [2.45, 2.75) is 24.3 Å². The molecule has 1 unspecified atom stereocenters. The third-order valence-electron chi connectivity index (χ3n) is 3.68. The molecule has 1 atom stereocenters. The first-order chi connectivity index (χ1) is 12.8. The molecule has 0 radical (unpaired) electrons. The van der Waals surface area contributed by atoms with Gasteiger partial charge < -0.3 is 19.8 Å². The van der Waals surface area contributed by atoms with E-state index in [0.717, 1.165) is 0 Å². The van der Waals surface area contributed by atoms with Crippen molar-refractivity contribution in [3.05, 3.63) is 47.9 Å². The Kier molecular flexibility index (Phi) is 6.81. The number of furan rings is 1. The van der Waals surface area contributed by atoms with Gasteiger partial charge in [0.1, 0.15) is 16.4 Å². The van der Waals surface area contributed by atoms with Gasteiger partial charge in [-0.15, -0.1) is 0 Å². The lowest BCUT2D eigenvalue weighted by Crippen LogP contribution is -2.37. The van der Waals surface area contributed by atoms with Crippen LogP contribution in [-0.2, 0) is 21.2 Å². The van der Waals surface area contributed by atoms with Crippen LogP contribution >= 0.6 is 12.2 Å². The maximum absolute atomic E-state index is 12.5. The number of ether oxygens (including phenoxy) is 1. The lowest BCUT2D eigenvalue weighted by atomic mass is 10.1. The Hall–Kier alpha value is -2.59. The summed E-state index contributed by atoms with van der Waals surface area (Å²) in [6.07, 6.45) is 1.52. The van der Waals surface area contributed by atoms with Gasteiger partial charge in [-0.3, -0.25) is 9.52 Å². The first kappa shape index (κ1) is 20.7. The molecule has 1 aromatic heterocycles. The summed E-state index contributed by atoms with van der Waals surface area (Å²) in [4.78, 5) is 12.2. The molecule has 1 heterocycles. The predicted molar refractivity (Wildman–Crippen MR) is 104 cm³/mol. The number of carbonyl (C=O) groups is 1. The molecule has 1 aromatic carbocycles. The minimum Gasteiger partial charge on any atom is -0.495 e. The molecular formula is C17H21N3O5S2. The van der Waals surface area contributed by atoms with Crippen LogP contribution in [-0.4, -0.2) is 33.6 Å². The minimum absolute atomic E-state index is 0.00592. The minimum atomic E-state index is -3.96. The van der Waals surface area contributed by atoms with Crippen LogP contribution in [0.15, 0.2) is 45.9 Å². The van der Waals surface area contributed by atoms with Crippen LogP contribution in [0.5, 0.6) is 5.75 Å². The molecule has 0 aliphatic rings. The largest absolute Gasteiger partial charge is 0.495 e. The monoisotopic (exact) mass is 411 g/mol. The van der Waals surface area contributed by atoms with Crippen LogP contribution in [0.2, 0.25) is 0 Å². The molecule has 2 rings (SSSR count). The summed E-state index contributed by atoms with van der Waals surface area (Å²) in [5.41, 5.74) is 0.510. The van der Waals surface area contributed by atoms with Crippen LogP contribution in [0.25, 0.3) is 0 Å². The molecule has 0 fully saturated rings. The van der Waals surface area contributed by atoms with Crippen molar-refractivity contribution < 1.29 is 22.4 Å². The van der Waals surface area contributed by atoms with E-state index in [9.17, 15) is 13.2 Å². The van der Waals surface area contributed by atoms with Crippen molar-refractivity contribution in [3.63, 3.8) is 0 Å². The number of carbonyl (C=O) groups excluding carboxylic acids is 1. The van der Waals surface area contributed by atoms with Crippen molar-refractivity contribution in [1.29, 1.82) is 0 Å². The number of hydrogen-bond donors (Lipinski definition) is 3. The highest BCUT2D eigenvalue weighted by atomic mass is 32.2. The molecule has 27 heavy (non-hydrogen) atoms. The van der Waals surface area contributed by atoms with Crippen molar-refractivity contribution in [2.75, 3.05) is 14.2 Å². The van der Waals surface area contributed by atoms with E-state index in [0.29, 0.717) is 11.3 Å². The van der Waals surface area contributed by atoms with E-state index >= 15 is 0 Å². The zero-order valence-electron chi connectivity index (χ0n) is 15.1. The fraction of sp³-hybridized carbons (Fsp3) is 0.294. The molecule has 2 aromatic rings. The van der Waals surface area contributed by atoms with E-state index in [2.05, 4.69) is 15.4 Å². The van der Waals surface area contributed by atoms with E-state index in [4.69, 9.17) is 21.4 Å². The number of thiocarbonyl (C=S) groups is 1. The van der Waals surface area contributed by atoms with Gasteiger partial charge in [0.15, 0.2) is 5.11 Å². The number of methoxy groups -OCH3 is 1. The number of amides is 1. The quantitative estimate of drug-likeness (QED) is 0.592. The fourth-order valence-corrected chi connectivity index (χ4v) is 3.86. The second-order valence-corrected chi connectivity index (χ2v) is 7.71. The SMILES string of the molecule is CNC(=S)NS(=O)(=O)c1cc(CC(=O)NC(C)c2ccco2)ccc1OC. The Morgan fingerprint density at radius 3 is 2.67 bits per heavy atom. The Balaban J connectivity index is 2.18. The molecule has 0 saturated heterocycles. The van der Waals surface area contributed by atoms with Gasteiger partial charge in [-0.05, 0) is 49.0 Å². The molecule has 0 aliphatic carbocycles. The molecule has 0 spiro atoms. The van der Waals surface area contributed by atoms with Crippen LogP contribution in [0.1, 0.15) is 24.3 Å². The van der Waals surface area contributed by atoms with Gasteiger partial charge in [0.2, 0.25) is 5.91 Å². The summed E-state index contributed by atoms with van der Waals surface area (Å²) in [6.45, 7) is 1.79. The van der Waals surface area contributed by atoms with Gasteiger partial charge in [0.25, 0.3) is 10.0 Å². The Morgan fingerprint density at radius 1 is 1.33 bits per heavy atom. The Morgan fingerprint density at radius 2 is 2.07 bits per heavy atom. The molecule has 146 valence electrons. The third-order valence-corrected chi connectivity index (χ3v) is 5.49. The average Bonchev–Trinajstić information content (AvgIpc) is 3.16. The number of hydrogen-bond acceptors (Lipinski definition) is 6. The number of nitrogens with one attached hydrogen (secondary N) is 3. The van der Waals surface area contributed by atoms with Crippen molar-refractivity contribution >= 4 is 33.3 Å². The van der Waals surface area contributed by atoms with Gasteiger partial charge in [0, 0.05) is 7.05 Å². The van der Waals surface area contributed by atoms with E-state index < -0.39 is 10.0 Å². The zero-order chi connectivity index (χ0) is 20.0. The topological polar surface area (TPSA) is 110 Å². The lowest BCUT2D eigenvalue weighted by molar-refractivity contribution is -0.121. The summed E-state index contributed by atoms with van der Waals surface area (Å²) >= 11 is 4.86. The van der Waals surface area contributed by atoms with Crippen molar-refractivity contribution in [1.82, 2.24) is 15.4 Å². The molecule has 3 N–H and O–H groups in total. The number of sulfonamides is 1. The Labute approximate surface area is 163 Å². The lowest BCUT2D eigenvalue weighted by Gasteiger charge is -2.14. The summed E-state index contributed by atoms with van der Waals surface area (Å²) in [7, 11) is -1.09. The molecule has 0 saturated carbocycles. The van der Waals surface area contributed by atoms with Gasteiger partial charge in [0.05, 0.1) is 25.8 Å². The number of rotatable bonds is 7. The molecular weight excluding hydrogens is 390 g/mol. The van der Waals surface area contributed by atoms with Crippen LogP contribution in [0.4, 0.5) is 0 Å². The fourth-order valence-electron chi connectivity index (χ4n) is 2.36. The van der Waals surface area contributed by atoms with Crippen LogP contribution in [0.3, 0.4) is 0 Å². The van der Waals surface area contributed by atoms with E-state index in [1.165, 1.54) is 32.6 Å². The molecule has 8 nitrogen and oxygen atoms in total. The van der Waals surface area contributed by atoms with E-state index in [1.807, 2.05) is 0 Å². The van der Waals surface area contributed by atoms with Crippen LogP contribution < -0.4 is 20.1 Å². The maximum Gasteiger partial charge on any atom is 0.267 e. The van der Waals surface area contributed by atoms with Gasteiger partial charge in [-0.1, -0.05) is 6.07 Å². The zero-order valence-corrected chi connectivity index (χ0v) is 16.7. The van der Waals surface area contributed by atoms with E-state index in [-0.39, 0.29) is 34.1 Å². The maximum atomic E-state index is 12.5. The first-order valence-corrected chi connectivity index (χ1v) is 9.90. The third kappa shape index (κ3) is 5.44. The van der Waals surface area contributed by atoms with Gasteiger partial charge in [-0.25, -0.2) is 8.42 Å². The van der Waals surface area contributed by atoms with Gasteiger partial charge >= 0.3 is 0 Å². The van der Waals surface area contributed by atoms with E-state index in [1.54, 1.807) is 25.1 Å². The molecule has 1 amide bonds. The van der Waals surface area contributed by atoms with Gasteiger partial charge in [-0.2, -0.15) is 0 Å². The highest BCUT2D eigenvalue weighted by Gasteiger charge is 2.22. The van der Waals surface area contributed by atoms with Crippen molar-refractivity contribution in [3.8, 4) is 5.75 Å². The average molecular weight is 412 g/mol. The summed E-state index contributed by atoms with van der Waals surface area (Å²) in [6, 6.07) is 7.71. The molecule has 0 bridgehead atoms. The molecule has 10 heteroatoms. The predicted octanol–water partition coefficient (Wildman–Crippen LogP) is 1.49. The first-order valence-electron chi connectivity index (χ1n) is 8.01. The highest BCUT2D eigenvalue weighted by molar-refractivity contribution is 7.92. The van der Waals surface area contributed by atoms with Crippen LogP contribution in [0, 0.1) is 0 Å². The second-order valence-electron chi connectivity index (χ2n) is 5.65. The normalized spacial score (nSPS) is 12.1.